The SMILES string of the molecule is COc1cc2c(Nc3cc(Cl)c(Cl)c(Cl)c3)ncnc2cc1O[C@H](CO)[C@H](O)[C@@H](O)[C@H](F)CO. The summed E-state index contributed by atoms with van der Waals surface area (Å²) in [6.45, 7) is -1.77. The molecule has 0 radical (unpaired) electrons. The van der Waals surface area contributed by atoms with E-state index in [0.717, 1.165) is 0 Å². The standard InChI is InChI=1S/C21H21Cl3FN3O6/c1-33-15-4-10-14(5-16(15)34-17(7-30)20(32)19(31)13(25)6-29)26-8-27-21(10)28-9-2-11(22)18(24)12(23)3-9/h2-5,8,13,17,19-20,29-32H,6-7H2,1H3,(H,26,27,28)/t13-,17-,19+,20+/m1/s1. The number of nitrogens with zero attached hydrogens (tertiary/aromatic N) is 2. The molecule has 5 N–H and O–H groups in total. The largest absolute Gasteiger partial charge is 0.493 e. The molecule has 1 heterocycles. The van der Waals surface area contributed by atoms with Crippen LogP contribution in [0.5, 0.6) is 11.5 Å². The number of aromatic nitrogens is 2. The van der Waals surface area contributed by atoms with Crippen LogP contribution < -0.4 is 14.8 Å². The Morgan fingerprint density at radius 2 is 1.65 bits per heavy atom. The van der Waals surface area contributed by atoms with Gasteiger partial charge in [0.15, 0.2) is 23.8 Å². The fraction of sp³-hybridized carbons (Fsp3) is 0.333. The van der Waals surface area contributed by atoms with E-state index in [-0.39, 0.29) is 26.6 Å². The van der Waals surface area contributed by atoms with Crippen molar-refractivity contribution in [2.75, 3.05) is 25.6 Å². The predicted octanol–water partition coefficient (Wildman–Crippen LogP) is 3.13. The lowest BCUT2D eigenvalue weighted by atomic mass is 10.0. The number of hydrogen-bond acceptors (Lipinski definition) is 9. The zero-order valence-corrected chi connectivity index (χ0v) is 19.9. The molecule has 0 spiro atoms. The number of anilines is 2. The zero-order chi connectivity index (χ0) is 25.0. The third kappa shape index (κ3) is 5.72. The Bertz CT molecular complexity index is 1140. The van der Waals surface area contributed by atoms with Crippen LogP contribution in [0.25, 0.3) is 10.9 Å². The molecule has 0 unspecified atom stereocenters. The molecule has 0 amide bonds. The fourth-order valence-electron chi connectivity index (χ4n) is 3.10. The van der Waals surface area contributed by atoms with E-state index < -0.39 is 37.7 Å². The lowest BCUT2D eigenvalue weighted by molar-refractivity contribution is -0.0981. The maximum Gasteiger partial charge on any atom is 0.164 e. The molecular weight excluding hydrogens is 516 g/mol. The minimum absolute atomic E-state index is 0.0574. The lowest BCUT2D eigenvalue weighted by Crippen LogP contribution is -2.48. The summed E-state index contributed by atoms with van der Waals surface area (Å²) in [6, 6.07) is 6.15. The second-order valence-electron chi connectivity index (χ2n) is 7.14. The Balaban J connectivity index is 1.95. The van der Waals surface area contributed by atoms with E-state index in [1.165, 1.54) is 19.5 Å². The van der Waals surface area contributed by atoms with Crippen LogP contribution in [0.1, 0.15) is 0 Å². The van der Waals surface area contributed by atoms with E-state index in [2.05, 4.69) is 15.3 Å². The zero-order valence-electron chi connectivity index (χ0n) is 17.6. The van der Waals surface area contributed by atoms with Crippen molar-refractivity contribution in [3.8, 4) is 11.5 Å². The van der Waals surface area contributed by atoms with Crippen molar-refractivity contribution in [2.45, 2.75) is 24.5 Å². The second kappa shape index (κ2) is 11.5. The van der Waals surface area contributed by atoms with Crippen molar-refractivity contribution in [3.63, 3.8) is 0 Å². The fourth-order valence-corrected chi connectivity index (χ4v) is 3.70. The van der Waals surface area contributed by atoms with E-state index >= 15 is 0 Å². The molecule has 13 heteroatoms. The number of aliphatic hydroxyl groups excluding tert-OH is 4. The smallest absolute Gasteiger partial charge is 0.164 e. The van der Waals surface area contributed by atoms with E-state index in [9.17, 15) is 19.7 Å². The average Bonchev–Trinajstić information content (AvgIpc) is 2.83. The summed E-state index contributed by atoms with van der Waals surface area (Å²) in [4.78, 5) is 8.43. The quantitative estimate of drug-likeness (QED) is 0.247. The van der Waals surface area contributed by atoms with E-state index in [0.29, 0.717) is 22.4 Å². The van der Waals surface area contributed by atoms with Gasteiger partial charge in [-0.3, -0.25) is 0 Å². The first-order chi connectivity index (χ1) is 16.2. The molecule has 0 aliphatic rings. The number of methoxy groups -OCH3 is 1. The summed E-state index contributed by atoms with van der Waals surface area (Å²) < 4.78 is 24.6. The summed E-state index contributed by atoms with van der Waals surface area (Å²) in [7, 11) is 1.37. The van der Waals surface area contributed by atoms with E-state index in [1.807, 2.05) is 0 Å². The highest BCUT2D eigenvalue weighted by molar-refractivity contribution is 6.48. The van der Waals surface area contributed by atoms with Gasteiger partial charge in [0.25, 0.3) is 0 Å². The van der Waals surface area contributed by atoms with Crippen LogP contribution in [0.15, 0.2) is 30.6 Å². The van der Waals surface area contributed by atoms with Crippen LogP contribution in [-0.2, 0) is 0 Å². The number of halogens is 4. The highest BCUT2D eigenvalue weighted by Gasteiger charge is 2.34. The molecule has 0 aliphatic carbocycles. The molecule has 0 fully saturated rings. The van der Waals surface area contributed by atoms with Crippen molar-refractivity contribution in [3.05, 3.63) is 45.7 Å². The first-order valence-corrected chi connectivity index (χ1v) is 11.0. The van der Waals surface area contributed by atoms with Crippen molar-refractivity contribution in [1.29, 1.82) is 0 Å². The number of alkyl halides is 1. The molecule has 9 nitrogen and oxygen atoms in total. The predicted molar refractivity (Wildman–Crippen MR) is 126 cm³/mol. The summed E-state index contributed by atoms with van der Waals surface area (Å²) in [5, 5.41) is 42.8. The van der Waals surface area contributed by atoms with E-state index in [1.54, 1.807) is 18.2 Å². The van der Waals surface area contributed by atoms with Crippen molar-refractivity contribution in [1.82, 2.24) is 9.97 Å². The molecule has 4 atom stereocenters. The van der Waals surface area contributed by atoms with E-state index in [4.69, 9.17) is 49.4 Å². The van der Waals surface area contributed by atoms with Gasteiger partial charge in [0.05, 0.1) is 40.9 Å². The number of benzene rings is 2. The first kappa shape index (κ1) is 26.4. The first-order valence-electron chi connectivity index (χ1n) is 9.83. The summed E-state index contributed by atoms with van der Waals surface area (Å²) in [5.41, 5.74) is 0.908. The van der Waals surface area contributed by atoms with Crippen LogP contribution in [0, 0.1) is 0 Å². The molecule has 3 rings (SSSR count). The van der Waals surface area contributed by atoms with Gasteiger partial charge in [0.2, 0.25) is 0 Å². The molecule has 0 saturated carbocycles. The molecule has 0 saturated heterocycles. The number of rotatable bonds is 10. The van der Waals surface area contributed by atoms with Gasteiger partial charge in [-0.2, -0.15) is 0 Å². The minimum atomic E-state index is -2.12. The maximum absolute atomic E-state index is 13.6. The molecule has 0 bridgehead atoms. The Hall–Kier alpha value is -2.18. The summed E-state index contributed by atoms with van der Waals surface area (Å²) >= 11 is 18.2. The van der Waals surface area contributed by atoms with Crippen molar-refractivity contribution in [2.24, 2.45) is 0 Å². The number of nitrogens with one attached hydrogen (secondary N) is 1. The lowest BCUT2D eigenvalue weighted by Gasteiger charge is -2.28. The van der Waals surface area contributed by atoms with Gasteiger partial charge in [0.1, 0.15) is 24.4 Å². The van der Waals surface area contributed by atoms with Crippen LogP contribution >= 0.6 is 34.8 Å². The number of ether oxygens (including phenoxy) is 2. The average molecular weight is 537 g/mol. The molecular formula is C21H21Cl3FN3O6. The Labute approximate surface area is 208 Å². The Kier molecular flexibility index (Phi) is 8.94. The normalized spacial score (nSPS) is 15.0. The molecule has 3 aromatic rings. The second-order valence-corrected chi connectivity index (χ2v) is 8.33. The molecule has 34 heavy (non-hydrogen) atoms. The van der Waals surface area contributed by atoms with Gasteiger partial charge in [-0.15, -0.1) is 0 Å². The summed E-state index contributed by atoms with van der Waals surface area (Å²) in [6.07, 6.45) is -6.08. The van der Waals surface area contributed by atoms with Gasteiger partial charge in [-0.25, -0.2) is 14.4 Å². The number of fused-ring (bicyclic) bond motifs is 1. The van der Waals surface area contributed by atoms with Gasteiger partial charge in [0, 0.05) is 17.1 Å². The maximum atomic E-state index is 13.6. The number of aliphatic hydroxyl groups is 4. The highest BCUT2D eigenvalue weighted by atomic mass is 35.5. The van der Waals surface area contributed by atoms with Crippen LogP contribution in [0.3, 0.4) is 0 Å². The Morgan fingerprint density at radius 1 is 0.971 bits per heavy atom. The van der Waals surface area contributed by atoms with Crippen molar-refractivity contribution >= 4 is 57.2 Å². The van der Waals surface area contributed by atoms with Gasteiger partial charge in [-0.05, 0) is 18.2 Å². The van der Waals surface area contributed by atoms with Crippen LogP contribution in [0.2, 0.25) is 15.1 Å². The highest BCUT2D eigenvalue weighted by Crippen LogP contribution is 2.37. The van der Waals surface area contributed by atoms with Crippen LogP contribution in [0.4, 0.5) is 15.9 Å². The van der Waals surface area contributed by atoms with Crippen LogP contribution in [-0.4, -0.2) is 75.2 Å². The monoisotopic (exact) mass is 535 g/mol. The summed E-state index contributed by atoms with van der Waals surface area (Å²) in [5.74, 6) is 0.611. The van der Waals surface area contributed by atoms with Gasteiger partial charge < -0.3 is 35.2 Å². The van der Waals surface area contributed by atoms with Gasteiger partial charge >= 0.3 is 0 Å². The molecule has 2 aromatic carbocycles. The third-order valence-electron chi connectivity index (χ3n) is 4.90. The minimum Gasteiger partial charge on any atom is -0.493 e. The molecule has 184 valence electrons. The van der Waals surface area contributed by atoms with Gasteiger partial charge in [-0.1, -0.05) is 34.8 Å². The molecule has 1 aromatic heterocycles. The number of hydrogen-bond donors (Lipinski definition) is 5. The third-order valence-corrected chi connectivity index (χ3v) is 6.10. The Morgan fingerprint density at radius 3 is 2.24 bits per heavy atom. The molecule has 0 aliphatic heterocycles. The van der Waals surface area contributed by atoms with Crippen molar-refractivity contribution < 1.29 is 34.3 Å². The topological polar surface area (TPSA) is 137 Å².